The van der Waals surface area contributed by atoms with Crippen molar-refractivity contribution >= 4 is 44.6 Å². The smallest absolute Gasteiger partial charge is 0.124 e. The number of aliphatic hydroxyl groups is 1. The van der Waals surface area contributed by atoms with Crippen LogP contribution in [0.1, 0.15) is 16.5 Å². The predicted molar refractivity (Wildman–Crippen MR) is 82.3 cm³/mol. The summed E-state index contributed by atoms with van der Waals surface area (Å²) < 4.78 is 14.0. The molecule has 5 heteroatoms. The van der Waals surface area contributed by atoms with Crippen molar-refractivity contribution in [1.82, 2.24) is 0 Å². The Bertz CT molecular complexity index is 785. The highest BCUT2D eigenvalue weighted by Gasteiger charge is 2.17. The van der Waals surface area contributed by atoms with E-state index in [4.69, 9.17) is 23.2 Å². The maximum Gasteiger partial charge on any atom is 0.124 e. The normalized spacial score (nSPS) is 12.8. The predicted octanol–water partition coefficient (Wildman–Crippen LogP) is 5.43. The zero-order valence-electron chi connectivity index (χ0n) is 10.1. The van der Waals surface area contributed by atoms with Crippen molar-refractivity contribution in [3.05, 3.63) is 68.8 Å². The Hall–Kier alpha value is -1.13. The first-order chi connectivity index (χ1) is 9.54. The van der Waals surface area contributed by atoms with Gasteiger partial charge in [0.1, 0.15) is 11.9 Å². The minimum absolute atomic E-state index is 0.291. The standard InChI is InChI=1S/C15H9Cl2FOS/c16-9-2-4-12(17)11(6-9)15(19)14-5-8-1-3-10(18)7-13(8)20-14/h1-7,15,19H. The second-order valence-electron chi connectivity index (χ2n) is 4.40. The molecule has 0 saturated carbocycles. The molecule has 1 N–H and O–H groups in total. The molecule has 0 aliphatic rings. The van der Waals surface area contributed by atoms with Gasteiger partial charge >= 0.3 is 0 Å². The third-order valence-electron chi connectivity index (χ3n) is 3.02. The van der Waals surface area contributed by atoms with E-state index in [0.29, 0.717) is 20.5 Å². The first-order valence-electron chi connectivity index (χ1n) is 5.86. The van der Waals surface area contributed by atoms with E-state index in [1.165, 1.54) is 23.5 Å². The molecule has 2 aromatic carbocycles. The van der Waals surface area contributed by atoms with Crippen LogP contribution in [0.5, 0.6) is 0 Å². The van der Waals surface area contributed by atoms with Crippen molar-refractivity contribution in [3.8, 4) is 0 Å². The maximum atomic E-state index is 13.2. The molecule has 102 valence electrons. The van der Waals surface area contributed by atoms with E-state index in [0.717, 1.165) is 10.1 Å². The summed E-state index contributed by atoms with van der Waals surface area (Å²) in [6.07, 6.45) is -0.873. The van der Waals surface area contributed by atoms with E-state index in [-0.39, 0.29) is 5.82 Å². The van der Waals surface area contributed by atoms with Crippen molar-refractivity contribution in [2.45, 2.75) is 6.10 Å². The van der Waals surface area contributed by atoms with Crippen LogP contribution in [-0.2, 0) is 0 Å². The molecule has 0 radical (unpaired) electrons. The van der Waals surface area contributed by atoms with Gasteiger partial charge in [-0.05, 0) is 41.8 Å². The molecule has 20 heavy (non-hydrogen) atoms. The molecule has 1 heterocycles. The molecule has 0 saturated heterocycles. The Morgan fingerprint density at radius 1 is 1.05 bits per heavy atom. The lowest BCUT2D eigenvalue weighted by Crippen LogP contribution is -1.97. The van der Waals surface area contributed by atoms with Gasteiger partial charge in [-0.1, -0.05) is 29.3 Å². The summed E-state index contributed by atoms with van der Waals surface area (Å²) in [7, 11) is 0. The maximum absolute atomic E-state index is 13.2. The van der Waals surface area contributed by atoms with Crippen LogP contribution < -0.4 is 0 Å². The molecule has 0 fully saturated rings. The number of halogens is 3. The zero-order chi connectivity index (χ0) is 14.3. The lowest BCUT2D eigenvalue weighted by Gasteiger charge is -2.11. The lowest BCUT2D eigenvalue weighted by molar-refractivity contribution is 0.224. The van der Waals surface area contributed by atoms with Gasteiger partial charge in [-0.15, -0.1) is 11.3 Å². The number of fused-ring (bicyclic) bond motifs is 1. The molecule has 0 aliphatic carbocycles. The van der Waals surface area contributed by atoms with Crippen LogP contribution in [0.2, 0.25) is 10.0 Å². The fourth-order valence-corrected chi connectivity index (χ4v) is 3.53. The van der Waals surface area contributed by atoms with Gasteiger partial charge in [-0.3, -0.25) is 0 Å². The van der Waals surface area contributed by atoms with Crippen molar-refractivity contribution in [1.29, 1.82) is 0 Å². The Morgan fingerprint density at radius 2 is 1.85 bits per heavy atom. The molecule has 0 amide bonds. The van der Waals surface area contributed by atoms with Gasteiger partial charge < -0.3 is 5.11 Å². The lowest BCUT2D eigenvalue weighted by atomic mass is 10.1. The molecule has 0 spiro atoms. The van der Waals surface area contributed by atoms with Crippen LogP contribution in [0.4, 0.5) is 4.39 Å². The minimum Gasteiger partial charge on any atom is -0.383 e. The molecule has 3 rings (SSSR count). The van der Waals surface area contributed by atoms with E-state index >= 15 is 0 Å². The first-order valence-corrected chi connectivity index (χ1v) is 7.44. The number of aliphatic hydroxyl groups excluding tert-OH is 1. The highest BCUT2D eigenvalue weighted by Crippen LogP contribution is 2.36. The van der Waals surface area contributed by atoms with Gasteiger partial charge in [0.25, 0.3) is 0 Å². The van der Waals surface area contributed by atoms with E-state index in [9.17, 15) is 9.50 Å². The van der Waals surface area contributed by atoms with Gasteiger partial charge in [0.2, 0.25) is 0 Å². The number of hydrogen-bond donors (Lipinski definition) is 1. The zero-order valence-corrected chi connectivity index (χ0v) is 12.4. The van der Waals surface area contributed by atoms with Gasteiger partial charge in [0.05, 0.1) is 0 Å². The number of hydrogen-bond acceptors (Lipinski definition) is 2. The number of benzene rings is 2. The third kappa shape index (κ3) is 2.54. The quantitative estimate of drug-likeness (QED) is 0.665. The van der Waals surface area contributed by atoms with E-state index < -0.39 is 6.10 Å². The average molecular weight is 327 g/mol. The summed E-state index contributed by atoms with van der Waals surface area (Å²) in [6, 6.07) is 11.3. The Morgan fingerprint density at radius 3 is 2.65 bits per heavy atom. The van der Waals surface area contributed by atoms with Gasteiger partial charge in [0.15, 0.2) is 0 Å². The highest BCUT2D eigenvalue weighted by atomic mass is 35.5. The van der Waals surface area contributed by atoms with E-state index in [2.05, 4.69) is 0 Å². The van der Waals surface area contributed by atoms with Crippen LogP contribution in [0.3, 0.4) is 0 Å². The minimum atomic E-state index is -0.873. The monoisotopic (exact) mass is 326 g/mol. The summed E-state index contributed by atoms with van der Waals surface area (Å²) in [5.41, 5.74) is 0.547. The second-order valence-corrected chi connectivity index (χ2v) is 6.36. The SMILES string of the molecule is OC(c1cc2ccc(F)cc2s1)c1cc(Cl)ccc1Cl. The summed E-state index contributed by atoms with van der Waals surface area (Å²) in [5.74, 6) is -0.291. The van der Waals surface area contributed by atoms with Crippen molar-refractivity contribution in [3.63, 3.8) is 0 Å². The van der Waals surface area contributed by atoms with Gasteiger partial charge in [-0.25, -0.2) is 4.39 Å². The first kappa shape index (κ1) is 13.8. The molecule has 0 bridgehead atoms. The molecule has 1 atom stereocenters. The Balaban J connectivity index is 2.07. The van der Waals surface area contributed by atoms with Crippen LogP contribution in [-0.4, -0.2) is 5.11 Å². The van der Waals surface area contributed by atoms with Gasteiger partial charge in [-0.2, -0.15) is 0 Å². The van der Waals surface area contributed by atoms with Crippen LogP contribution in [0, 0.1) is 5.82 Å². The summed E-state index contributed by atoms with van der Waals surface area (Å²) in [4.78, 5) is 0.703. The largest absolute Gasteiger partial charge is 0.383 e. The van der Waals surface area contributed by atoms with Crippen molar-refractivity contribution in [2.24, 2.45) is 0 Å². The highest BCUT2D eigenvalue weighted by molar-refractivity contribution is 7.19. The van der Waals surface area contributed by atoms with Crippen molar-refractivity contribution < 1.29 is 9.50 Å². The second kappa shape index (κ2) is 5.34. The van der Waals surface area contributed by atoms with E-state index in [1.807, 2.05) is 6.07 Å². The topological polar surface area (TPSA) is 20.2 Å². The summed E-state index contributed by atoms with van der Waals surface area (Å²) in [6.45, 7) is 0. The molecule has 1 unspecified atom stereocenters. The Labute approximate surface area is 129 Å². The molecular formula is C15H9Cl2FOS. The number of thiophene rings is 1. The Kier molecular flexibility index (Phi) is 3.69. The molecule has 0 aliphatic heterocycles. The van der Waals surface area contributed by atoms with Gasteiger partial charge in [0, 0.05) is 25.2 Å². The molecule has 3 aromatic rings. The molecule has 1 nitrogen and oxygen atoms in total. The number of rotatable bonds is 2. The fourth-order valence-electron chi connectivity index (χ4n) is 2.04. The summed E-state index contributed by atoms with van der Waals surface area (Å²) >= 11 is 13.4. The van der Waals surface area contributed by atoms with Crippen LogP contribution >= 0.6 is 34.5 Å². The van der Waals surface area contributed by atoms with Crippen LogP contribution in [0.25, 0.3) is 10.1 Å². The summed E-state index contributed by atoms with van der Waals surface area (Å²) in [5, 5.41) is 12.3. The average Bonchev–Trinajstić information content (AvgIpc) is 2.83. The van der Waals surface area contributed by atoms with Crippen LogP contribution in [0.15, 0.2) is 42.5 Å². The van der Waals surface area contributed by atoms with E-state index in [1.54, 1.807) is 24.3 Å². The third-order valence-corrected chi connectivity index (χ3v) is 4.75. The molecule has 1 aromatic heterocycles. The van der Waals surface area contributed by atoms with Crippen molar-refractivity contribution in [2.75, 3.05) is 0 Å². The molecular weight excluding hydrogens is 318 g/mol. The fraction of sp³-hybridized carbons (Fsp3) is 0.0667.